The number of fused-ring (bicyclic) bond motifs is 1. The van der Waals surface area contributed by atoms with Gasteiger partial charge in [-0.3, -0.25) is 4.79 Å². The molecule has 4 atom stereocenters. The number of carboxylic acids is 1. The Morgan fingerprint density at radius 3 is 2.76 bits per heavy atom. The average Bonchev–Trinajstić information content (AvgIpc) is 2.82. The van der Waals surface area contributed by atoms with Crippen LogP contribution < -0.4 is 4.74 Å². The number of hydrogen-bond acceptors (Lipinski definition) is 5. The summed E-state index contributed by atoms with van der Waals surface area (Å²) < 4.78 is 17.7. The number of hydrogen-bond donors (Lipinski definition) is 1. The highest BCUT2D eigenvalue weighted by molar-refractivity contribution is 5.94. The highest BCUT2D eigenvalue weighted by Crippen LogP contribution is 2.35. The Hall–Kier alpha value is -2.96. The summed E-state index contributed by atoms with van der Waals surface area (Å²) in [5, 5.41) is 8.91. The van der Waals surface area contributed by atoms with Crippen LogP contribution in [0.15, 0.2) is 60.7 Å². The Kier molecular flexibility index (Phi) is 7.57. The van der Waals surface area contributed by atoms with Gasteiger partial charge >= 0.3 is 5.97 Å². The van der Waals surface area contributed by atoms with Crippen molar-refractivity contribution < 1.29 is 28.9 Å². The number of carboxylic acid groups (broad SMARTS) is 1. The van der Waals surface area contributed by atoms with E-state index in [9.17, 15) is 9.59 Å². The first-order valence-corrected chi connectivity index (χ1v) is 11.5. The molecule has 6 nitrogen and oxygen atoms in total. The van der Waals surface area contributed by atoms with E-state index >= 15 is 0 Å². The number of carbonyl (C=O) groups is 2. The second-order valence-electron chi connectivity index (χ2n) is 8.76. The Labute approximate surface area is 194 Å². The van der Waals surface area contributed by atoms with Crippen molar-refractivity contribution in [3.63, 3.8) is 0 Å². The zero-order chi connectivity index (χ0) is 23.2. The van der Waals surface area contributed by atoms with E-state index in [-0.39, 0.29) is 18.5 Å². The number of rotatable bonds is 9. The summed E-state index contributed by atoms with van der Waals surface area (Å²) in [6, 6.07) is 15.6. The number of ether oxygens (including phenoxy) is 3. The molecule has 0 fully saturated rings. The maximum Gasteiger partial charge on any atom is 0.341 e. The first-order valence-electron chi connectivity index (χ1n) is 11.5. The molecule has 0 bridgehead atoms. The SMILES string of the molecule is CC(CC1CCc2c(cccc2OCC(=O)O)C1)OC(c1ccccc1)C1OCC=CC1=O. The van der Waals surface area contributed by atoms with Crippen molar-refractivity contribution >= 4 is 11.8 Å². The second-order valence-corrected chi connectivity index (χ2v) is 8.76. The number of benzene rings is 2. The maximum atomic E-state index is 12.5. The van der Waals surface area contributed by atoms with Crippen molar-refractivity contribution in [2.75, 3.05) is 13.2 Å². The van der Waals surface area contributed by atoms with Crippen LogP contribution in [-0.2, 0) is 31.9 Å². The lowest BCUT2D eigenvalue weighted by Crippen LogP contribution is -2.36. The van der Waals surface area contributed by atoms with Crippen molar-refractivity contribution in [2.45, 2.75) is 50.9 Å². The van der Waals surface area contributed by atoms with Crippen molar-refractivity contribution in [2.24, 2.45) is 5.92 Å². The van der Waals surface area contributed by atoms with Gasteiger partial charge in [0.25, 0.3) is 0 Å². The minimum Gasteiger partial charge on any atom is -0.482 e. The van der Waals surface area contributed by atoms with E-state index in [2.05, 4.69) is 13.0 Å². The normalized spacial score (nSPS) is 21.8. The average molecular weight is 451 g/mol. The van der Waals surface area contributed by atoms with Crippen molar-refractivity contribution in [3.05, 3.63) is 77.4 Å². The molecule has 0 radical (unpaired) electrons. The molecule has 0 aromatic heterocycles. The van der Waals surface area contributed by atoms with Crippen molar-refractivity contribution in [1.29, 1.82) is 0 Å². The third kappa shape index (κ3) is 5.89. The molecule has 4 rings (SSSR count). The number of ketones is 1. The molecule has 1 aliphatic heterocycles. The molecular weight excluding hydrogens is 420 g/mol. The zero-order valence-corrected chi connectivity index (χ0v) is 18.8. The summed E-state index contributed by atoms with van der Waals surface area (Å²) in [5.41, 5.74) is 3.25. The Bertz CT molecular complexity index is 999. The van der Waals surface area contributed by atoms with Gasteiger partial charge in [0.15, 0.2) is 18.5 Å². The summed E-state index contributed by atoms with van der Waals surface area (Å²) in [7, 11) is 0. The molecule has 0 spiro atoms. The number of carbonyl (C=O) groups excluding carboxylic acids is 1. The van der Waals surface area contributed by atoms with E-state index in [1.165, 1.54) is 5.56 Å². The fraction of sp³-hybridized carbons (Fsp3) is 0.407. The standard InChI is InChI=1S/C27H30O6/c1-18(33-26(20-7-3-2-4-8-20)27-23(28)10-6-14-31-27)15-19-12-13-22-21(16-19)9-5-11-24(22)32-17-25(29)30/h2-11,18-19,26-27H,12-17H2,1H3,(H,29,30). The monoisotopic (exact) mass is 450 g/mol. The highest BCUT2D eigenvalue weighted by Gasteiger charge is 2.33. The van der Waals surface area contributed by atoms with Gasteiger partial charge in [0.2, 0.25) is 0 Å². The van der Waals surface area contributed by atoms with Gasteiger partial charge in [0.1, 0.15) is 11.9 Å². The molecule has 1 heterocycles. The van der Waals surface area contributed by atoms with Gasteiger partial charge in [0.05, 0.1) is 12.7 Å². The fourth-order valence-corrected chi connectivity index (χ4v) is 4.80. The van der Waals surface area contributed by atoms with Crippen LogP contribution in [0.2, 0.25) is 0 Å². The largest absolute Gasteiger partial charge is 0.482 e. The molecule has 174 valence electrons. The highest BCUT2D eigenvalue weighted by atomic mass is 16.5. The van der Waals surface area contributed by atoms with Gasteiger partial charge in [-0.1, -0.05) is 48.5 Å². The molecule has 1 N–H and O–H groups in total. The Balaban J connectivity index is 1.42. The van der Waals surface area contributed by atoms with E-state index in [0.717, 1.165) is 36.8 Å². The summed E-state index contributed by atoms with van der Waals surface area (Å²) >= 11 is 0. The zero-order valence-electron chi connectivity index (χ0n) is 18.8. The predicted molar refractivity (Wildman–Crippen MR) is 123 cm³/mol. The topological polar surface area (TPSA) is 82.1 Å². The van der Waals surface area contributed by atoms with Crippen molar-refractivity contribution in [3.8, 4) is 5.75 Å². The molecule has 4 unspecified atom stereocenters. The third-order valence-electron chi connectivity index (χ3n) is 6.27. The smallest absolute Gasteiger partial charge is 0.341 e. The van der Waals surface area contributed by atoms with E-state index in [1.54, 1.807) is 12.2 Å². The summed E-state index contributed by atoms with van der Waals surface area (Å²) in [5.74, 6) is 0.0586. The second kappa shape index (κ2) is 10.8. The van der Waals surface area contributed by atoms with Crippen LogP contribution in [0.5, 0.6) is 5.75 Å². The molecule has 0 saturated heterocycles. The van der Waals surface area contributed by atoms with Gasteiger partial charge in [-0.05, 0) is 67.4 Å². The van der Waals surface area contributed by atoms with E-state index < -0.39 is 18.2 Å². The maximum absolute atomic E-state index is 12.5. The van der Waals surface area contributed by atoms with Crippen LogP contribution >= 0.6 is 0 Å². The van der Waals surface area contributed by atoms with Gasteiger partial charge in [-0.15, -0.1) is 0 Å². The number of aliphatic carboxylic acids is 1. The molecule has 0 saturated carbocycles. The fourth-order valence-electron chi connectivity index (χ4n) is 4.80. The lowest BCUT2D eigenvalue weighted by Gasteiger charge is -2.32. The Morgan fingerprint density at radius 1 is 1.18 bits per heavy atom. The minimum atomic E-state index is -0.976. The van der Waals surface area contributed by atoms with Gasteiger partial charge in [0, 0.05) is 0 Å². The van der Waals surface area contributed by atoms with Crippen molar-refractivity contribution in [1.82, 2.24) is 0 Å². The quantitative estimate of drug-likeness (QED) is 0.613. The molecular formula is C27H30O6. The van der Waals surface area contributed by atoms with Gasteiger partial charge < -0.3 is 19.3 Å². The molecule has 33 heavy (non-hydrogen) atoms. The van der Waals surface area contributed by atoms with Crippen LogP contribution in [0, 0.1) is 5.92 Å². The minimum absolute atomic E-state index is 0.0597. The van der Waals surface area contributed by atoms with Crippen LogP contribution in [-0.4, -0.2) is 42.3 Å². The van der Waals surface area contributed by atoms with Crippen LogP contribution in [0.1, 0.15) is 42.6 Å². The van der Waals surface area contributed by atoms with E-state index in [0.29, 0.717) is 18.3 Å². The molecule has 6 heteroatoms. The van der Waals surface area contributed by atoms with Gasteiger partial charge in [-0.25, -0.2) is 4.79 Å². The molecule has 2 aromatic rings. The van der Waals surface area contributed by atoms with Crippen LogP contribution in [0.4, 0.5) is 0 Å². The lowest BCUT2D eigenvalue weighted by atomic mass is 9.81. The molecule has 2 aliphatic rings. The molecule has 1 aliphatic carbocycles. The van der Waals surface area contributed by atoms with Crippen LogP contribution in [0.3, 0.4) is 0 Å². The van der Waals surface area contributed by atoms with E-state index in [4.69, 9.17) is 19.3 Å². The van der Waals surface area contributed by atoms with E-state index in [1.807, 2.05) is 42.5 Å². The van der Waals surface area contributed by atoms with Gasteiger partial charge in [-0.2, -0.15) is 0 Å². The molecule has 0 amide bonds. The first kappa shape index (κ1) is 23.2. The molecule has 2 aromatic carbocycles. The summed E-state index contributed by atoms with van der Waals surface area (Å²) in [6.45, 7) is 2.13. The summed E-state index contributed by atoms with van der Waals surface area (Å²) in [6.07, 6.45) is 5.75. The summed E-state index contributed by atoms with van der Waals surface area (Å²) in [4.78, 5) is 23.4. The third-order valence-corrected chi connectivity index (χ3v) is 6.27. The Morgan fingerprint density at radius 2 is 2.00 bits per heavy atom. The van der Waals surface area contributed by atoms with Crippen LogP contribution in [0.25, 0.3) is 0 Å². The lowest BCUT2D eigenvalue weighted by molar-refractivity contribution is -0.144. The first-order chi connectivity index (χ1) is 16.0. The predicted octanol–water partition coefficient (Wildman–Crippen LogP) is 4.32.